The number of hydrogen-bond acceptors (Lipinski definition) is 4. The second kappa shape index (κ2) is 7.79. The van der Waals surface area contributed by atoms with Gasteiger partial charge in [-0.05, 0) is 33.4 Å². The van der Waals surface area contributed by atoms with Gasteiger partial charge >= 0.3 is 5.97 Å². The summed E-state index contributed by atoms with van der Waals surface area (Å²) in [5, 5.41) is 3.26. The maximum Gasteiger partial charge on any atom is 0.347 e. The van der Waals surface area contributed by atoms with Crippen molar-refractivity contribution in [2.24, 2.45) is 0 Å². The molecule has 1 aromatic rings. The van der Waals surface area contributed by atoms with Crippen LogP contribution < -0.4 is 10.1 Å². The van der Waals surface area contributed by atoms with Crippen molar-refractivity contribution in [3.05, 3.63) is 29.3 Å². The standard InChI is InChI=1S/C15H23NO3/c1-5-16-10-13-9-11(3)7-8-14(13)19-12(4)15(17)18-6-2/h7-9,12,16H,5-6,10H2,1-4H3. The van der Waals surface area contributed by atoms with Crippen LogP contribution >= 0.6 is 0 Å². The topological polar surface area (TPSA) is 47.6 Å². The third kappa shape index (κ3) is 4.91. The number of benzene rings is 1. The predicted octanol–water partition coefficient (Wildman–Crippen LogP) is 2.43. The molecule has 0 aromatic heterocycles. The van der Waals surface area contributed by atoms with E-state index < -0.39 is 6.10 Å². The summed E-state index contributed by atoms with van der Waals surface area (Å²) in [7, 11) is 0. The Bertz CT molecular complexity index is 418. The number of carbonyl (C=O) groups excluding carboxylic acids is 1. The van der Waals surface area contributed by atoms with Gasteiger partial charge < -0.3 is 14.8 Å². The molecule has 0 amide bonds. The molecule has 0 radical (unpaired) electrons. The lowest BCUT2D eigenvalue weighted by Gasteiger charge is -2.17. The molecule has 0 aliphatic rings. The van der Waals surface area contributed by atoms with Gasteiger partial charge in [-0.25, -0.2) is 4.79 Å². The third-order valence-corrected chi connectivity index (χ3v) is 2.70. The van der Waals surface area contributed by atoms with Crippen LogP contribution in [0.3, 0.4) is 0 Å². The first-order valence-electron chi connectivity index (χ1n) is 6.72. The molecule has 0 spiro atoms. The summed E-state index contributed by atoms with van der Waals surface area (Å²) in [5.41, 5.74) is 2.22. The maximum absolute atomic E-state index is 11.6. The molecule has 1 rings (SSSR count). The lowest BCUT2D eigenvalue weighted by Crippen LogP contribution is -2.26. The molecule has 0 fully saturated rings. The van der Waals surface area contributed by atoms with Crippen LogP contribution in [0, 0.1) is 6.92 Å². The maximum atomic E-state index is 11.6. The second-order valence-electron chi connectivity index (χ2n) is 4.40. The predicted molar refractivity (Wildman–Crippen MR) is 75.3 cm³/mol. The van der Waals surface area contributed by atoms with Crippen LogP contribution in [0.2, 0.25) is 0 Å². The van der Waals surface area contributed by atoms with E-state index in [2.05, 4.69) is 18.3 Å². The smallest absolute Gasteiger partial charge is 0.347 e. The Morgan fingerprint density at radius 2 is 2.11 bits per heavy atom. The summed E-state index contributed by atoms with van der Waals surface area (Å²) in [6.45, 7) is 9.56. The molecule has 0 aliphatic heterocycles. The lowest BCUT2D eigenvalue weighted by atomic mass is 10.1. The lowest BCUT2D eigenvalue weighted by molar-refractivity contribution is -0.150. The van der Waals surface area contributed by atoms with E-state index in [0.29, 0.717) is 6.61 Å². The number of hydrogen-bond donors (Lipinski definition) is 1. The molecule has 4 heteroatoms. The molecule has 0 saturated carbocycles. The Morgan fingerprint density at radius 1 is 1.37 bits per heavy atom. The first kappa shape index (κ1) is 15.5. The molecule has 1 unspecified atom stereocenters. The number of carbonyl (C=O) groups is 1. The van der Waals surface area contributed by atoms with Gasteiger partial charge in [-0.15, -0.1) is 0 Å². The van der Waals surface area contributed by atoms with E-state index in [9.17, 15) is 4.79 Å². The fourth-order valence-corrected chi connectivity index (χ4v) is 1.72. The number of nitrogens with one attached hydrogen (secondary N) is 1. The molecule has 0 saturated heterocycles. The fraction of sp³-hybridized carbons (Fsp3) is 0.533. The minimum absolute atomic E-state index is 0.336. The quantitative estimate of drug-likeness (QED) is 0.769. The van der Waals surface area contributed by atoms with Crippen LogP contribution in [-0.4, -0.2) is 25.2 Å². The van der Waals surface area contributed by atoms with Gasteiger partial charge in [-0.2, -0.15) is 0 Å². The van der Waals surface area contributed by atoms with Crippen molar-refractivity contribution in [1.82, 2.24) is 5.32 Å². The van der Waals surface area contributed by atoms with E-state index in [-0.39, 0.29) is 5.97 Å². The zero-order valence-corrected chi connectivity index (χ0v) is 12.2. The molecule has 1 N–H and O–H groups in total. The van der Waals surface area contributed by atoms with Crippen molar-refractivity contribution in [3.63, 3.8) is 0 Å². The van der Waals surface area contributed by atoms with Crippen molar-refractivity contribution in [2.75, 3.05) is 13.2 Å². The van der Waals surface area contributed by atoms with Gasteiger partial charge in [0.2, 0.25) is 0 Å². The fourth-order valence-electron chi connectivity index (χ4n) is 1.72. The van der Waals surface area contributed by atoms with Crippen LogP contribution in [0.25, 0.3) is 0 Å². The van der Waals surface area contributed by atoms with Crippen LogP contribution in [-0.2, 0) is 16.1 Å². The highest BCUT2D eigenvalue weighted by atomic mass is 16.6. The van der Waals surface area contributed by atoms with E-state index in [1.54, 1.807) is 13.8 Å². The average Bonchev–Trinajstić information content (AvgIpc) is 2.39. The van der Waals surface area contributed by atoms with Gasteiger partial charge in [0.05, 0.1) is 6.61 Å². The minimum Gasteiger partial charge on any atom is -0.479 e. The van der Waals surface area contributed by atoms with Crippen molar-refractivity contribution >= 4 is 5.97 Å². The van der Waals surface area contributed by atoms with Gasteiger partial charge in [-0.3, -0.25) is 0 Å². The average molecular weight is 265 g/mol. The van der Waals surface area contributed by atoms with E-state index >= 15 is 0 Å². The molecule has 1 aromatic carbocycles. The van der Waals surface area contributed by atoms with Gasteiger partial charge in [0, 0.05) is 12.1 Å². The summed E-state index contributed by atoms with van der Waals surface area (Å²) in [5.74, 6) is 0.393. The van der Waals surface area contributed by atoms with E-state index in [4.69, 9.17) is 9.47 Å². The van der Waals surface area contributed by atoms with Crippen LogP contribution in [0.5, 0.6) is 5.75 Å². The molecule has 0 aliphatic carbocycles. The monoisotopic (exact) mass is 265 g/mol. The largest absolute Gasteiger partial charge is 0.479 e. The van der Waals surface area contributed by atoms with E-state index in [1.807, 2.05) is 19.1 Å². The van der Waals surface area contributed by atoms with Crippen molar-refractivity contribution < 1.29 is 14.3 Å². The van der Waals surface area contributed by atoms with Gasteiger partial charge in [0.25, 0.3) is 0 Å². The van der Waals surface area contributed by atoms with Gasteiger partial charge in [-0.1, -0.05) is 24.6 Å². The molecule has 0 heterocycles. The second-order valence-corrected chi connectivity index (χ2v) is 4.40. The summed E-state index contributed by atoms with van der Waals surface area (Å²) < 4.78 is 10.6. The molecular weight excluding hydrogens is 242 g/mol. The highest BCUT2D eigenvalue weighted by molar-refractivity contribution is 5.74. The summed E-state index contributed by atoms with van der Waals surface area (Å²) in [6, 6.07) is 5.94. The van der Waals surface area contributed by atoms with Crippen LogP contribution in [0.1, 0.15) is 31.9 Å². The Kier molecular flexibility index (Phi) is 6.36. The number of aryl methyl sites for hydroxylation is 1. The Hall–Kier alpha value is -1.55. The van der Waals surface area contributed by atoms with Crippen LogP contribution in [0.4, 0.5) is 0 Å². The summed E-state index contributed by atoms with van der Waals surface area (Å²) >= 11 is 0. The summed E-state index contributed by atoms with van der Waals surface area (Å²) in [4.78, 5) is 11.6. The minimum atomic E-state index is -0.594. The molecule has 0 bridgehead atoms. The summed E-state index contributed by atoms with van der Waals surface area (Å²) in [6.07, 6.45) is -0.594. The highest BCUT2D eigenvalue weighted by Gasteiger charge is 2.17. The van der Waals surface area contributed by atoms with E-state index in [1.165, 1.54) is 5.56 Å². The number of rotatable bonds is 7. The highest BCUT2D eigenvalue weighted by Crippen LogP contribution is 2.21. The Labute approximate surface area is 115 Å². The first-order valence-corrected chi connectivity index (χ1v) is 6.72. The molecule has 106 valence electrons. The third-order valence-electron chi connectivity index (χ3n) is 2.70. The van der Waals surface area contributed by atoms with Gasteiger partial charge in [0.1, 0.15) is 5.75 Å². The number of esters is 1. The van der Waals surface area contributed by atoms with Crippen molar-refractivity contribution in [2.45, 2.75) is 40.3 Å². The Balaban J connectivity index is 2.78. The normalized spacial score (nSPS) is 12.0. The zero-order chi connectivity index (χ0) is 14.3. The SMILES string of the molecule is CCNCc1cc(C)ccc1OC(C)C(=O)OCC. The molecule has 19 heavy (non-hydrogen) atoms. The van der Waals surface area contributed by atoms with Crippen molar-refractivity contribution in [1.29, 1.82) is 0 Å². The Morgan fingerprint density at radius 3 is 2.74 bits per heavy atom. The first-order chi connectivity index (χ1) is 9.08. The van der Waals surface area contributed by atoms with Crippen molar-refractivity contribution in [3.8, 4) is 5.75 Å². The van der Waals surface area contributed by atoms with Gasteiger partial charge in [0.15, 0.2) is 6.10 Å². The van der Waals surface area contributed by atoms with E-state index in [0.717, 1.165) is 24.4 Å². The van der Waals surface area contributed by atoms with Crippen LogP contribution in [0.15, 0.2) is 18.2 Å². The molecular formula is C15H23NO3. The number of ether oxygens (including phenoxy) is 2. The molecule has 1 atom stereocenters. The molecule has 4 nitrogen and oxygen atoms in total. The zero-order valence-electron chi connectivity index (χ0n) is 12.2.